The van der Waals surface area contributed by atoms with Gasteiger partial charge in [-0.15, -0.1) is 0 Å². The number of nitrogens with zero attached hydrogens (tertiary/aromatic N) is 1. The van der Waals surface area contributed by atoms with Gasteiger partial charge in [-0.3, -0.25) is 9.59 Å². The number of aliphatic hydroxyl groups excluding tert-OH is 1. The maximum Gasteiger partial charge on any atom is 0.190 e. The fraction of sp³-hybridized carbons (Fsp3) is 0.375. The molecule has 3 rings (SSSR count). The summed E-state index contributed by atoms with van der Waals surface area (Å²) in [4.78, 5) is 27.2. The number of hydrogen-bond acceptors (Lipinski definition) is 4. The quantitative estimate of drug-likeness (QED) is 0.884. The molecule has 0 saturated heterocycles. The summed E-state index contributed by atoms with van der Waals surface area (Å²) < 4.78 is 0. The third-order valence-corrected chi connectivity index (χ3v) is 4.10. The van der Waals surface area contributed by atoms with Crippen LogP contribution in [0.1, 0.15) is 33.6 Å². The van der Waals surface area contributed by atoms with Crippen molar-refractivity contribution in [3.63, 3.8) is 0 Å². The smallest absolute Gasteiger partial charge is 0.190 e. The number of fused-ring (bicyclic) bond motifs is 1. The maximum absolute atomic E-state index is 12.5. The average Bonchev–Trinajstić information content (AvgIpc) is 2.68. The molecule has 1 aromatic rings. The van der Waals surface area contributed by atoms with E-state index in [1.165, 1.54) is 0 Å². The summed E-state index contributed by atoms with van der Waals surface area (Å²) in [6.07, 6.45) is 1.18. The fourth-order valence-electron chi connectivity index (χ4n) is 3.02. The third kappa shape index (κ3) is 2.11. The molecule has 4 heteroatoms. The molecule has 0 bridgehead atoms. The molecular formula is C16H17NO3. The van der Waals surface area contributed by atoms with Gasteiger partial charge in [0.25, 0.3) is 0 Å². The second-order valence-corrected chi connectivity index (χ2v) is 5.23. The van der Waals surface area contributed by atoms with E-state index in [0.717, 1.165) is 13.1 Å². The third-order valence-electron chi connectivity index (χ3n) is 4.10. The Balaban J connectivity index is 1.95. The van der Waals surface area contributed by atoms with Gasteiger partial charge >= 0.3 is 0 Å². The molecule has 0 fully saturated rings. The predicted octanol–water partition coefficient (Wildman–Crippen LogP) is 1.45. The zero-order valence-corrected chi connectivity index (χ0v) is 11.3. The van der Waals surface area contributed by atoms with Crippen molar-refractivity contribution in [3.8, 4) is 0 Å². The van der Waals surface area contributed by atoms with Gasteiger partial charge in [0.1, 0.15) is 0 Å². The van der Waals surface area contributed by atoms with E-state index < -0.39 is 0 Å². The minimum absolute atomic E-state index is 0.000971. The Hall–Kier alpha value is -1.78. The van der Waals surface area contributed by atoms with Crippen LogP contribution in [0.15, 0.2) is 35.4 Å². The second kappa shape index (κ2) is 5.31. The van der Waals surface area contributed by atoms with Crippen molar-refractivity contribution in [3.05, 3.63) is 46.5 Å². The fourth-order valence-corrected chi connectivity index (χ4v) is 3.02. The summed E-state index contributed by atoms with van der Waals surface area (Å²) in [7, 11) is 0. The monoisotopic (exact) mass is 271 g/mol. The summed E-state index contributed by atoms with van der Waals surface area (Å²) in [5, 5.41) is 9.03. The van der Waals surface area contributed by atoms with Crippen molar-refractivity contribution in [2.24, 2.45) is 0 Å². The lowest BCUT2D eigenvalue weighted by Crippen LogP contribution is -2.28. The van der Waals surface area contributed by atoms with E-state index in [-0.39, 0.29) is 18.2 Å². The molecule has 0 atom stereocenters. The molecule has 1 aromatic carbocycles. The minimum atomic E-state index is 0.000971. The van der Waals surface area contributed by atoms with E-state index in [9.17, 15) is 9.59 Å². The number of benzene rings is 1. The lowest BCUT2D eigenvalue weighted by Gasteiger charge is -2.18. The van der Waals surface area contributed by atoms with Crippen LogP contribution in [0, 0.1) is 0 Å². The number of ketones is 2. The SMILES string of the molecule is O=C1C2=C(CCN(CCO)CC2)C(=O)c2ccccc21. The van der Waals surface area contributed by atoms with Crippen molar-refractivity contribution in [2.45, 2.75) is 12.8 Å². The number of aliphatic hydroxyl groups is 1. The number of carbonyl (C=O) groups is 2. The van der Waals surface area contributed by atoms with Crippen molar-refractivity contribution in [2.75, 3.05) is 26.2 Å². The van der Waals surface area contributed by atoms with Gasteiger partial charge in [-0.1, -0.05) is 24.3 Å². The molecule has 0 saturated carbocycles. The Morgan fingerprint density at radius 2 is 1.45 bits per heavy atom. The first-order valence-corrected chi connectivity index (χ1v) is 6.96. The van der Waals surface area contributed by atoms with Gasteiger partial charge in [0.05, 0.1) is 6.61 Å². The zero-order valence-electron chi connectivity index (χ0n) is 11.3. The Morgan fingerprint density at radius 3 is 1.90 bits per heavy atom. The number of carbonyl (C=O) groups excluding carboxylic acids is 2. The molecule has 1 heterocycles. The summed E-state index contributed by atoms with van der Waals surface area (Å²) in [6, 6.07) is 7.06. The van der Waals surface area contributed by atoms with Crippen molar-refractivity contribution < 1.29 is 14.7 Å². The second-order valence-electron chi connectivity index (χ2n) is 5.23. The van der Waals surface area contributed by atoms with Gasteiger partial charge < -0.3 is 10.0 Å². The number of rotatable bonds is 2. The minimum Gasteiger partial charge on any atom is -0.395 e. The molecule has 104 valence electrons. The molecule has 0 radical (unpaired) electrons. The first kappa shape index (κ1) is 13.2. The number of β-amino-alcohol motifs (C(OH)–C–C–N with tert-alkyl or cyclic N) is 1. The number of hydrogen-bond donors (Lipinski definition) is 1. The van der Waals surface area contributed by atoms with Gasteiger partial charge in [-0.2, -0.15) is 0 Å². The highest BCUT2D eigenvalue weighted by atomic mass is 16.3. The first-order valence-electron chi connectivity index (χ1n) is 6.96. The van der Waals surface area contributed by atoms with E-state index in [0.29, 0.717) is 41.7 Å². The van der Waals surface area contributed by atoms with Gasteiger partial charge in [-0.25, -0.2) is 0 Å². The normalized spacial score (nSPS) is 19.6. The molecule has 0 unspecified atom stereocenters. The van der Waals surface area contributed by atoms with E-state index in [1.807, 2.05) is 0 Å². The van der Waals surface area contributed by atoms with Gasteiger partial charge in [0.2, 0.25) is 0 Å². The molecule has 0 amide bonds. The van der Waals surface area contributed by atoms with E-state index in [1.54, 1.807) is 24.3 Å². The largest absolute Gasteiger partial charge is 0.395 e. The molecular weight excluding hydrogens is 254 g/mol. The highest BCUT2D eigenvalue weighted by molar-refractivity contribution is 6.26. The number of Topliss-reactive ketones (excluding diaryl/α,β-unsaturated/α-hetero) is 2. The Bertz CT molecular complexity index is 554. The zero-order chi connectivity index (χ0) is 14.1. The van der Waals surface area contributed by atoms with Crippen LogP contribution in [0.2, 0.25) is 0 Å². The summed E-state index contributed by atoms with van der Waals surface area (Å²) in [6.45, 7) is 2.14. The molecule has 1 aliphatic carbocycles. The predicted molar refractivity (Wildman–Crippen MR) is 74.9 cm³/mol. The highest BCUT2D eigenvalue weighted by Crippen LogP contribution is 2.31. The van der Waals surface area contributed by atoms with Crippen LogP contribution < -0.4 is 0 Å². The van der Waals surface area contributed by atoms with Crippen LogP contribution >= 0.6 is 0 Å². The van der Waals surface area contributed by atoms with Crippen molar-refractivity contribution in [1.29, 1.82) is 0 Å². The molecule has 4 nitrogen and oxygen atoms in total. The molecule has 20 heavy (non-hydrogen) atoms. The standard InChI is InChI=1S/C16H17NO3/c18-10-9-17-7-5-13-14(6-8-17)16(20)12-4-2-1-3-11(12)15(13)19/h1-4,18H,5-10H2. The van der Waals surface area contributed by atoms with E-state index >= 15 is 0 Å². The van der Waals surface area contributed by atoms with Crippen LogP contribution in [0.3, 0.4) is 0 Å². The highest BCUT2D eigenvalue weighted by Gasteiger charge is 2.32. The molecule has 0 aromatic heterocycles. The molecule has 1 N–H and O–H groups in total. The molecule has 0 spiro atoms. The Labute approximate surface area is 117 Å². The lowest BCUT2D eigenvalue weighted by atomic mass is 9.82. The van der Waals surface area contributed by atoms with Crippen LogP contribution in [-0.2, 0) is 0 Å². The van der Waals surface area contributed by atoms with Gasteiger partial charge in [0.15, 0.2) is 11.6 Å². The Morgan fingerprint density at radius 1 is 0.950 bits per heavy atom. The van der Waals surface area contributed by atoms with Crippen LogP contribution in [-0.4, -0.2) is 47.8 Å². The van der Waals surface area contributed by atoms with E-state index in [2.05, 4.69) is 4.90 Å². The summed E-state index contributed by atoms with van der Waals surface area (Å²) in [5.41, 5.74) is 2.42. The van der Waals surface area contributed by atoms with Gasteiger partial charge in [-0.05, 0) is 12.8 Å². The average molecular weight is 271 g/mol. The molecule has 2 aliphatic rings. The van der Waals surface area contributed by atoms with Crippen LogP contribution in [0.5, 0.6) is 0 Å². The topological polar surface area (TPSA) is 57.6 Å². The molecule has 1 aliphatic heterocycles. The van der Waals surface area contributed by atoms with Crippen molar-refractivity contribution >= 4 is 11.6 Å². The lowest BCUT2D eigenvalue weighted by molar-refractivity contribution is 0.0970. The first-order chi connectivity index (χ1) is 9.72. The summed E-state index contributed by atoms with van der Waals surface area (Å²) in [5.74, 6) is 0.00194. The van der Waals surface area contributed by atoms with E-state index in [4.69, 9.17) is 5.11 Å². The van der Waals surface area contributed by atoms with Crippen molar-refractivity contribution in [1.82, 2.24) is 4.90 Å². The maximum atomic E-state index is 12.5. The Kier molecular flexibility index (Phi) is 3.51. The van der Waals surface area contributed by atoms with Crippen LogP contribution in [0.4, 0.5) is 0 Å². The summed E-state index contributed by atoms with van der Waals surface area (Å²) >= 11 is 0. The van der Waals surface area contributed by atoms with Crippen LogP contribution in [0.25, 0.3) is 0 Å². The van der Waals surface area contributed by atoms with Gasteiger partial charge in [0, 0.05) is 41.9 Å².